The molecule has 0 aliphatic carbocycles. The van der Waals surface area contributed by atoms with Crippen molar-refractivity contribution in [2.45, 2.75) is 56.5 Å². The summed E-state index contributed by atoms with van der Waals surface area (Å²) in [6, 6.07) is 11.7. The van der Waals surface area contributed by atoms with E-state index >= 15 is 0 Å². The maximum atomic E-state index is 13.9. The Bertz CT molecular complexity index is 1680. The number of halogens is 4. The van der Waals surface area contributed by atoms with Gasteiger partial charge in [0, 0.05) is 74.9 Å². The molecule has 3 fully saturated rings. The molecular weight excluding hydrogens is 709 g/mol. The molecule has 49 heavy (non-hydrogen) atoms. The molecule has 0 saturated carbocycles. The van der Waals surface area contributed by atoms with Gasteiger partial charge in [0.1, 0.15) is 0 Å². The first-order valence-corrected chi connectivity index (χ1v) is 17.4. The van der Waals surface area contributed by atoms with Gasteiger partial charge in [-0.15, -0.1) is 5.10 Å². The molecule has 6 rings (SSSR count). The minimum atomic E-state index is -4.72. The first-order chi connectivity index (χ1) is 23.5. The van der Waals surface area contributed by atoms with Crippen LogP contribution in [0.5, 0.6) is 0 Å². The maximum absolute atomic E-state index is 13.9. The number of aromatic nitrogens is 3. The Kier molecular flexibility index (Phi) is 10.6. The number of alkyl halides is 3. The predicted molar refractivity (Wildman–Crippen MR) is 180 cm³/mol. The van der Waals surface area contributed by atoms with Gasteiger partial charge in [-0.05, 0) is 59.3 Å². The Hall–Kier alpha value is -3.89. The summed E-state index contributed by atoms with van der Waals surface area (Å²) < 4.78 is 48.7. The van der Waals surface area contributed by atoms with Gasteiger partial charge in [-0.1, -0.05) is 30.3 Å². The molecule has 4 heterocycles. The molecule has 0 radical (unpaired) electrons. The number of amides is 2. The van der Waals surface area contributed by atoms with Crippen LogP contribution in [-0.2, 0) is 22.1 Å². The van der Waals surface area contributed by atoms with Crippen LogP contribution in [0.2, 0.25) is 0 Å². The van der Waals surface area contributed by atoms with E-state index in [4.69, 9.17) is 10.5 Å². The second kappa shape index (κ2) is 14.9. The van der Waals surface area contributed by atoms with Crippen LogP contribution >= 0.6 is 15.9 Å². The molecule has 4 N–H and O–H groups in total. The fraction of sp³-hybridized carbons (Fsp3) is 0.515. The number of benzene rings is 2. The molecule has 1 aromatic heterocycles. The highest BCUT2D eigenvalue weighted by Gasteiger charge is 2.37. The van der Waals surface area contributed by atoms with Crippen molar-refractivity contribution < 1.29 is 27.5 Å². The minimum Gasteiger partial charge on any atom is -0.436 e. The molecule has 0 unspecified atom stereocenters. The number of nitrogens with zero attached hydrogens (tertiary/aromatic N) is 5. The van der Waals surface area contributed by atoms with Crippen molar-refractivity contribution in [1.82, 2.24) is 34.8 Å². The molecule has 264 valence electrons. The molecule has 0 bridgehead atoms. The molecule has 3 aliphatic heterocycles. The summed E-state index contributed by atoms with van der Waals surface area (Å²) >= 11 is 3.12. The molecule has 2 aromatic carbocycles. The number of hydrogen-bond donors (Lipinski definition) is 3. The number of nitrogens with one attached hydrogen (secondary N) is 2. The monoisotopic (exact) mass is 748 g/mol. The highest BCUT2D eigenvalue weighted by molar-refractivity contribution is 9.10. The number of aromatic amines is 1. The number of piperazine rings is 1. The van der Waals surface area contributed by atoms with Gasteiger partial charge in [0.2, 0.25) is 0 Å². The van der Waals surface area contributed by atoms with E-state index < -0.39 is 35.5 Å². The lowest BCUT2D eigenvalue weighted by Gasteiger charge is -2.41. The predicted octanol–water partition coefficient (Wildman–Crippen LogP) is 3.88. The smallest absolute Gasteiger partial charge is 0.418 e. The van der Waals surface area contributed by atoms with Crippen LogP contribution in [-0.4, -0.2) is 106 Å². The maximum Gasteiger partial charge on any atom is 0.418 e. The number of nitrogen functional groups attached to an aromatic ring is 1. The third-order valence-electron chi connectivity index (χ3n) is 9.64. The summed E-state index contributed by atoms with van der Waals surface area (Å²) in [4.78, 5) is 48.5. The molecule has 12 nitrogen and oxygen atoms in total. The van der Waals surface area contributed by atoms with Crippen LogP contribution in [0.4, 0.5) is 23.7 Å². The Balaban J connectivity index is 1.14. The lowest BCUT2D eigenvalue weighted by Crippen LogP contribution is -2.54. The number of nitrogens with two attached hydrogens (primary N) is 1. The summed E-state index contributed by atoms with van der Waals surface area (Å²) in [5, 5.41) is 7.83. The number of hydrogen-bond acceptors (Lipinski definition) is 8. The van der Waals surface area contributed by atoms with Crippen molar-refractivity contribution in [2.24, 2.45) is 0 Å². The van der Waals surface area contributed by atoms with Crippen molar-refractivity contribution in [3.05, 3.63) is 68.5 Å². The van der Waals surface area contributed by atoms with E-state index in [0.29, 0.717) is 37.8 Å². The third-order valence-corrected chi connectivity index (χ3v) is 10.3. The van der Waals surface area contributed by atoms with E-state index in [0.717, 1.165) is 50.7 Å². The Labute approximate surface area is 289 Å². The summed E-state index contributed by atoms with van der Waals surface area (Å²) in [6.07, 6.45) is -4.71. The molecule has 2 amide bonds. The van der Waals surface area contributed by atoms with Gasteiger partial charge in [0.05, 0.1) is 17.3 Å². The number of rotatable bonds is 7. The zero-order valence-electron chi connectivity index (χ0n) is 26.9. The second-order valence-electron chi connectivity index (χ2n) is 12.8. The van der Waals surface area contributed by atoms with Crippen molar-refractivity contribution >= 4 is 33.6 Å². The molecule has 0 spiro atoms. The van der Waals surface area contributed by atoms with Crippen LogP contribution in [0, 0.1) is 0 Å². The molecule has 1 atom stereocenters. The number of likely N-dealkylation sites (tertiary alicyclic amines) is 2. The Morgan fingerprint density at radius 3 is 2.24 bits per heavy atom. The molecule has 16 heteroatoms. The lowest BCUT2D eigenvalue weighted by molar-refractivity contribution is -0.142. The summed E-state index contributed by atoms with van der Waals surface area (Å²) in [7, 11) is 0. The topological polar surface area (TPSA) is 142 Å². The van der Waals surface area contributed by atoms with Crippen LogP contribution in [0.25, 0.3) is 11.4 Å². The fourth-order valence-electron chi connectivity index (χ4n) is 6.92. The van der Waals surface area contributed by atoms with Gasteiger partial charge in [0.25, 0.3) is 5.91 Å². The van der Waals surface area contributed by atoms with Crippen LogP contribution in [0.3, 0.4) is 0 Å². The standard InChI is InChI=1S/C33H40BrF3N8O4/c34-26-19-21(18-25(28(26)38)33(35,36)37)20-27(30(46)43-12-6-23(7-13-43)42-16-10-39-11-17-42)49-32(48)44-14-8-24(9-15-44)45-31(47)40-29(41-45)22-4-2-1-3-5-22/h1-5,18-19,23-24,27,39H,6-17,20,38H2,(H,40,41,47)/t27-/m1/s1. The number of piperidine rings is 2. The second-order valence-corrected chi connectivity index (χ2v) is 13.6. The van der Waals surface area contributed by atoms with E-state index in [1.807, 2.05) is 30.3 Å². The highest BCUT2D eigenvalue weighted by Crippen LogP contribution is 2.38. The summed E-state index contributed by atoms with van der Waals surface area (Å²) in [5.74, 6) is 0.00812. The Morgan fingerprint density at radius 2 is 1.59 bits per heavy atom. The molecular formula is C33H40BrF3N8O4. The molecule has 3 aromatic rings. The SMILES string of the molecule is Nc1c(Br)cc(C[C@@H](OC(=O)N2CCC(n3nc(-c4ccccc4)[nH]c3=O)CC2)C(=O)N2CCC(N3CCNCC3)CC2)cc1C(F)(F)F. The average molecular weight is 750 g/mol. The van der Waals surface area contributed by atoms with E-state index in [1.165, 1.54) is 15.6 Å². The van der Waals surface area contributed by atoms with Crippen molar-refractivity contribution in [3.63, 3.8) is 0 Å². The first kappa shape index (κ1) is 35.0. The summed E-state index contributed by atoms with van der Waals surface area (Å²) in [6.45, 7) is 5.10. The third kappa shape index (κ3) is 8.13. The van der Waals surface area contributed by atoms with Gasteiger partial charge < -0.3 is 25.6 Å². The van der Waals surface area contributed by atoms with E-state index in [-0.39, 0.29) is 41.3 Å². The van der Waals surface area contributed by atoms with E-state index in [1.54, 1.807) is 4.90 Å². The van der Waals surface area contributed by atoms with E-state index in [9.17, 15) is 27.6 Å². The zero-order chi connectivity index (χ0) is 34.7. The highest BCUT2D eigenvalue weighted by atomic mass is 79.9. The van der Waals surface area contributed by atoms with Gasteiger partial charge >= 0.3 is 18.0 Å². The van der Waals surface area contributed by atoms with Crippen LogP contribution in [0.1, 0.15) is 42.9 Å². The molecule has 3 saturated heterocycles. The van der Waals surface area contributed by atoms with E-state index in [2.05, 4.69) is 36.2 Å². The minimum absolute atomic E-state index is 0.0396. The van der Waals surface area contributed by atoms with Gasteiger partial charge in [-0.25, -0.2) is 14.3 Å². The lowest BCUT2D eigenvalue weighted by atomic mass is 9.99. The fourth-order valence-corrected chi connectivity index (χ4v) is 7.43. The van der Waals surface area contributed by atoms with Crippen LogP contribution in [0.15, 0.2) is 51.7 Å². The zero-order valence-corrected chi connectivity index (χ0v) is 28.5. The normalized spacial score (nSPS) is 19.2. The first-order valence-electron chi connectivity index (χ1n) is 16.6. The van der Waals surface area contributed by atoms with Gasteiger partial charge in [-0.3, -0.25) is 14.7 Å². The number of carbonyl (C=O) groups is 2. The largest absolute Gasteiger partial charge is 0.436 e. The number of ether oxygens (including phenoxy) is 1. The number of H-pyrrole nitrogens is 1. The average Bonchev–Trinajstić information content (AvgIpc) is 3.51. The van der Waals surface area contributed by atoms with Gasteiger partial charge in [-0.2, -0.15) is 13.2 Å². The quantitative estimate of drug-likeness (QED) is 0.310. The van der Waals surface area contributed by atoms with Crippen molar-refractivity contribution in [2.75, 3.05) is 58.1 Å². The van der Waals surface area contributed by atoms with Crippen molar-refractivity contribution in [3.8, 4) is 11.4 Å². The number of carbonyl (C=O) groups excluding carboxylic acids is 2. The van der Waals surface area contributed by atoms with Gasteiger partial charge in [0.15, 0.2) is 11.9 Å². The Morgan fingerprint density at radius 1 is 0.959 bits per heavy atom. The van der Waals surface area contributed by atoms with Crippen LogP contribution < -0.4 is 16.7 Å². The van der Waals surface area contributed by atoms with Crippen molar-refractivity contribution in [1.29, 1.82) is 0 Å². The summed E-state index contributed by atoms with van der Waals surface area (Å²) in [5.41, 5.74) is 4.82. The number of anilines is 1. The molecule has 3 aliphatic rings.